The number of aryl methyl sites for hydroxylation is 2. The molecule has 1 amide bonds. The Morgan fingerprint density at radius 2 is 2.04 bits per heavy atom. The lowest BCUT2D eigenvalue weighted by Gasteiger charge is -2.12. The Morgan fingerprint density at radius 1 is 1.38 bits per heavy atom. The lowest BCUT2D eigenvalue weighted by molar-refractivity contribution is -0.895. The van der Waals surface area contributed by atoms with Crippen LogP contribution in [-0.4, -0.2) is 35.3 Å². The van der Waals surface area contributed by atoms with Gasteiger partial charge in [0.05, 0.1) is 7.05 Å². The molecule has 1 aromatic heterocycles. The fourth-order valence-corrected chi connectivity index (χ4v) is 2.90. The van der Waals surface area contributed by atoms with Crippen LogP contribution >= 0.6 is 12.2 Å². The van der Waals surface area contributed by atoms with E-state index in [1.807, 2.05) is 33.0 Å². The van der Waals surface area contributed by atoms with Gasteiger partial charge in [0.2, 0.25) is 5.89 Å². The average molecular weight is 347 g/mol. The topological polar surface area (TPSA) is 64.5 Å². The van der Waals surface area contributed by atoms with E-state index in [4.69, 9.17) is 16.6 Å². The average Bonchev–Trinajstić information content (AvgIpc) is 3.20. The molecule has 128 valence electrons. The van der Waals surface area contributed by atoms with Crippen molar-refractivity contribution in [3.8, 4) is 11.5 Å². The fourth-order valence-electron chi connectivity index (χ4n) is 2.71. The first-order valence-corrected chi connectivity index (χ1v) is 8.59. The van der Waals surface area contributed by atoms with Gasteiger partial charge in [-0.2, -0.15) is 4.68 Å². The number of rotatable bonds is 6. The minimum absolute atomic E-state index is 0.0690. The summed E-state index contributed by atoms with van der Waals surface area (Å²) >= 11 is 5.27. The summed E-state index contributed by atoms with van der Waals surface area (Å²) in [5.74, 6) is 0.585. The fraction of sp³-hybridized carbons (Fsp3) is 0.471. The molecule has 1 aromatic carbocycles. The predicted octanol–water partition coefficient (Wildman–Crippen LogP) is 1.24. The molecule has 2 aromatic rings. The number of carbonyl (C=O) groups is 1. The number of hydrogen-bond acceptors (Lipinski definition) is 4. The van der Waals surface area contributed by atoms with Crippen molar-refractivity contribution in [3.63, 3.8) is 0 Å². The second-order valence-corrected chi connectivity index (χ2v) is 7.03. The van der Waals surface area contributed by atoms with Gasteiger partial charge in [-0.15, -0.1) is 5.10 Å². The van der Waals surface area contributed by atoms with Crippen LogP contribution in [0, 0.1) is 18.7 Å². The molecule has 1 fully saturated rings. The van der Waals surface area contributed by atoms with E-state index in [9.17, 15) is 4.79 Å². The molecule has 1 atom stereocenters. The number of nitrogens with one attached hydrogen (secondary N) is 2. The molecule has 1 saturated carbocycles. The Kier molecular flexibility index (Phi) is 4.82. The van der Waals surface area contributed by atoms with Crippen LogP contribution in [0.5, 0.6) is 0 Å². The van der Waals surface area contributed by atoms with Crippen molar-refractivity contribution in [3.05, 3.63) is 34.2 Å². The molecular formula is C17H23N4O2S+. The molecule has 1 heterocycles. The second-order valence-electron chi connectivity index (χ2n) is 6.68. The summed E-state index contributed by atoms with van der Waals surface area (Å²) in [7, 11) is 1.94. The summed E-state index contributed by atoms with van der Waals surface area (Å²) in [4.78, 5) is 13.2. The van der Waals surface area contributed by atoms with Crippen molar-refractivity contribution in [1.82, 2.24) is 15.1 Å². The van der Waals surface area contributed by atoms with E-state index in [1.165, 1.54) is 0 Å². The van der Waals surface area contributed by atoms with Crippen LogP contribution in [0.25, 0.3) is 11.5 Å². The van der Waals surface area contributed by atoms with Crippen molar-refractivity contribution in [1.29, 1.82) is 0 Å². The molecule has 1 aliphatic carbocycles. The third kappa shape index (κ3) is 4.30. The summed E-state index contributed by atoms with van der Waals surface area (Å²) in [6.45, 7) is 4.96. The molecule has 7 heteroatoms. The van der Waals surface area contributed by atoms with E-state index in [0.717, 1.165) is 34.4 Å². The van der Waals surface area contributed by atoms with Crippen LogP contribution in [0.2, 0.25) is 0 Å². The molecule has 3 rings (SSSR count). The zero-order valence-electron chi connectivity index (χ0n) is 14.3. The largest absolute Gasteiger partial charge is 0.409 e. The van der Waals surface area contributed by atoms with Crippen LogP contribution in [0.15, 0.2) is 22.6 Å². The number of amides is 1. The van der Waals surface area contributed by atoms with Crippen LogP contribution in [0.3, 0.4) is 0 Å². The van der Waals surface area contributed by atoms with E-state index in [-0.39, 0.29) is 5.91 Å². The molecule has 0 saturated heterocycles. The maximum Gasteiger partial charge on any atom is 0.292 e. The van der Waals surface area contributed by atoms with Gasteiger partial charge >= 0.3 is 0 Å². The molecule has 24 heavy (non-hydrogen) atoms. The highest BCUT2D eigenvalue weighted by Gasteiger charge is 2.24. The third-order valence-electron chi connectivity index (χ3n) is 3.90. The van der Waals surface area contributed by atoms with Crippen molar-refractivity contribution in [2.45, 2.75) is 39.4 Å². The summed E-state index contributed by atoms with van der Waals surface area (Å²) < 4.78 is 7.28. The third-order valence-corrected chi connectivity index (χ3v) is 4.19. The highest BCUT2D eigenvalue weighted by Crippen LogP contribution is 2.21. The maximum absolute atomic E-state index is 11.9. The molecule has 0 bridgehead atoms. The Morgan fingerprint density at radius 3 is 2.67 bits per heavy atom. The number of quaternary nitrogens is 1. The minimum Gasteiger partial charge on any atom is -0.409 e. The number of benzene rings is 1. The van der Waals surface area contributed by atoms with Gasteiger partial charge in [0.15, 0.2) is 13.2 Å². The van der Waals surface area contributed by atoms with Gasteiger partial charge in [0.1, 0.15) is 0 Å². The van der Waals surface area contributed by atoms with E-state index >= 15 is 0 Å². The molecule has 2 N–H and O–H groups in total. The van der Waals surface area contributed by atoms with Gasteiger partial charge < -0.3 is 14.6 Å². The van der Waals surface area contributed by atoms with Crippen molar-refractivity contribution < 1.29 is 14.1 Å². The first-order chi connectivity index (χ1) is 11.4. The van der Waals surface area contributed by atoms with Gasteiger partial charge in [-0.05, 0) is 51.0 Å². The first kappa shape index (κ1) is 16.9. The van der Waals surface area contributed by atoms with Crippen molar-refractivity contribution >= 4 is 18.1 Å². The van der Waals surface area contributed by atoms with Gasteiger partial charge in [-0.1, -0.05) is 17.2 Å². The molecular weight excluding hydrogens is 324 g/mol. The molecule has 6 nitrogen and oxygen atoms in total. The quantitative estimate of drug-likeness (QED) is 0.772. The normalized spacial score (nSPS) is 15.3. The zero-order valence-corrected chi connectivity index (χ0v) is 15.1. The number of aromatic nitrogens is 2. The second kappa shape index (κ2) is 6.86. The Hall–Kier alpha value is -1.99. The summed E-state index contributed by atoms with van der Waals surface area (Å²) in [6, 6.07) is 6.54. The Balaban J connectivity index is 1.69. The lowest BCUT2D eigenvalue weighted by atomic mass is 10.1. The Labute approximate surface area is 146 Å². The monoisotopic (exact) mass is 347 g/mol. The number of likely N-dealkylation sites (N-methyl/N-ethyl adjacent to an activating group) is 1. The summed E-state index contributed by atoms with van der Waals surface area (Å²) in [6.07, 6.45) is 2.19. The molecule has 0 aliphatic heterocycles. The summed E-state index contributed by atoms with van der Waals surface area (Å²) in [5, 5.41) is 7.47. The standard InChI is InChI=1S/C17H22N4O2S/c1-11-6-12(2)8-13(7-11)16-19-21(17(24)23-16)10-20(3)9-15(22)18-14-4-5-14/h6-8,14H,4-5,9-10H2,1-3H3,(H,18,22)/p+1. The van der Waals surface area contributed by atoms with E-state index in [1.54, 1.807) is 4.68 Å². The summed E-state index contributed by atoms with van der Waals surface area (Å²) in [5.41, 5.74) is 3.22. The molecule has 0 spiro atoms. The highest BCUT2D eigenvalue weighted by molar-refractivity contribution is 7.71. The van der Waals surface area contributed by atoms with Gasteiger partial charge in [0.25, 0.3) is 10.7 Å². The minimum atomic E-state index is 0.0690. The van der Waals surface area contributed by atoms with Gasteiger partial charge in [-0.25, -0.2) is 0 Å². The van der Waals surface area contributed by atoms with Crippen molar-refractivity contribution in [2.24, 2.45) is 0 Å². The smallest absolute Gasteiger partial charge is 0.292 e. The SMILES string of the molecule is Cc1cc(C)cc(-c2nn(C[NH+](C)CC(=O)NC3CC3)c(=S)o2)c1. The van der Waals surface area contributed by atoms with Gasteiger partial charge in [-0.3, -0.25) is 4.79 Å². The lowest BCUT2D eigenvalue weighted by Crippen LogP contribution is -3.09. The first-order valence-electron chi connectivity index (χ1n) is 8.18. The molecule has 1 unspecified atom stereocenters. The van der Waals surface area contributed by atoms with Gasteiger partial charge in [0, 0.05) is 11.6 Å². The molecule has 0 radical (unpaired) electrons. The van der Waals surface area contributed by atoms with Crippen LogP contribution in [0.1, 0.15) is 24.0 Å². The Bertz CT molecular complexity index is 787. The molecule has 1 aliphatic rings. The van der Waals surface area contributed by atoms with E-state index in [2.05, 4.69) is 16.5 Å². The number of hydrogen-bond donors (Lipinski definition) is 2. The van der Waals surface area contributed by atoms with Crippen LogP contribution in [0.4, 0.5) is 0 Å². The van der Waals surface area contributed by atoms with E-state index < -0.39 is 0 Å². The van der Waals surface area contributed by atoms with Crippen LogP contribution < -0.4 is 10.2 Å². The van der Waals surface area contributed by atoms with Crippen molar-refractivity contribution in [2.75, 3.05) is 13.6 Å². The zero-order chi connectivity index (χ0) is 17.3. The van der Waals surface area contributed by atoms with E-state index in [0.29, 0.717) is 30.0 Å². The number of carbonyl (C=O) groups excluding carboxylic acids is 1. The number of nitrogens with zero attached hydrogens (tertiary/aromatic N) is 2. The highest BCUT2D eigenvalue weighted by atomic mass is 32.1. The van der Waals surface area contributed by atoms with Crippen LogP contribution in [-0.2, 0) is 11.5 Å². The maximum atomic E-state index is 11.9. The predicted molar refractivity (Wildman–Crippen MR) is 93.2 cm³/mol.